The first-order valence-corrected chi connectivity index (χ1v) is 5.01. The van der Waals surface area contributed by atoms with Gasteiger partial charge in [-0.2, -0.15) is 0 Å². The zero-order chi connectivity index (χ0) is 11.1. The molecule has 2 heteroatoms. The molecule has 0 spiro atoms. The molecule has 0 saturated heterocycles. The molecular formula is C12H20O2. The van der Waals surface area contributed by atoms with Crippen molar-refractivity contribution in [2.24, 2.45) is 16.7 Å². The van der Waals surface area contributed by atoms with Gasteiger partial charge in [-0.05, 0) is 19.3 Å². The van der Waals surface area contributed by atoms with E-state index in [1.54, 1.807) is 0 Å². The molecule has 0 radical (unpaired) electrons. The van der Waals surface area contributed by atoms with Crippen LogP contribution in [0.4, 0.5) is 0 Å². The van der Waals surface area contributed by atoms with Crippen molar-refractivity contribution in [3.63, 3.8) is 0 Å². The lowest BCUT2D eigenvalue weighted by Crippen LogP contribution is -2.08. The summed E-state index contributed by atoms with van der Waals surface area (Å²) in [6.45, 7) is 10.5. The molecule has 0 amide bonds. The number of hydrogen-bond donors (Lipinski definition) is 0. The second-order valence-electron chi connectivity index (χ2n) is 5.18. The first kappa shape index (κ1) is 11.3. The third kappa shape index (κ3) is 1.37. The van der Waals surface area contributed by atoms with Crippen LogP contribution in [0.25, 0.3) is 0 Å². The maximum atomic E-state index is 11.5. The Morgan fingerprint density at radius 2 is 1.79 bits per heavy atom. The number of carbonyl (C=O) groups is 1. The van der Waals surface area contributed by atoms with E-state index in [4.69, 9.17) is 4.74 Å². The molecule has 2 nitrogen and oxygen atoms in total. The van der Waals surface area contributed by atoms with Crippen molar-refractivity contribution in [2.75, 3.05) is 7.11 Å². The highest BCUT2D eigenvalue weighted by atomic mass is 16.5. The first-order valence-electron chi connectivity index (χ1n) is 5.01. The molecule has 1 rings (SSSR count). The van der Waals surface area contributed by atoms with Crippen molar-refractivity contribution in [1.29, 1.82) is 0 Å². The van der Waals surface area contributed by atoms with Gasteiger partial charge in [-0.15, -0.1) is 0 Å². The van der Waals surface area contributed by atoms with E-state index in [1.165, 1.54) is 12.7 Å². The maximum absolute atomic E-state index is 11.5. The van der Waals surface area contributed by atoms with E-state index in [0.717, 1.165) is 0 Å². The van der Waals surface area contributed by atoms with Crippen LogP contribution < -0.4 is 0 Å². The second-order valence-corrected chi connectivity index (χ2v) is 5.18. The fraction of sp³-hybridized carbons (Fsp3) is 0.750. The van der Waals surface area contributed by atoms with Gasteiger partial charge in [0.2, 0.25) is 0 Å². The Kier molecular flexibility index (Phi) is 2.51. The highest BCUT2D eigenvalue weighted by Gasteiger charge is 2.70. The van der Waals surface area contributed by atoms with E-state index >= 15 is 0 Å². The van der Waals surface area contributed by atoms with E-state index in [0.29, 0.717) is 0 Å². The molecule has 0 aromatic heterocycles. The van der Waals surface area contributed by atoms with Gasteiger partial charge < -0.3 is 4.74 Å². The smallest absolute Gasteiger partial charge is 0.310 e. The van der Waals surface area contributed by atoms with Crippen LogP contribution in [0.2, 0.25) is 0 Å². The van der Waals surface area contributed by atoms with Gasteiger partial charge >= 0.3 is 5.97 Å². The standard InChI is InChI=1S/C12H20O2/c1-8(2)7-12(5)9(10(13)14-6)11(12,3)4/h7,9H,1-6H3. The normalized spacial score (nSPS) is 33.4. The summed E-state index contributed by atoms with van der Waals surface area (Å²) in [7, 11) is 1.46. The van der Waals surface area contributed by atoms with Crippen LogP contribution in [0.3, 0.4) is 0 Å². The van der Waals surface area contributed by atoms with Gasteiger partial charge in [0.1, 0.15) is 0 Å². The Bertz CT molecular complexity index is 285. The molecule has 1 fully saturated rings. The maximum Gasteiger partial charge on any atom is 0.310 e. The minimum absolute atomic E-state index is 0.00917. The van der Waals surface area contributed by atoms with Crippen molar-refractivity contribution in [3.05, 3.63) is 11.6 Å². The average molecular weight is 196 g/mol. The molecule has 1 aliphatic rings. The Labute approximate surface area is 86.3 Å². The summed E-state index contributed by atoms with van der Waals surface area (Å²) in [5.41, 5.74) is 1.25. The van der Waals surface area contributed by atoms with E-state index in [2.05, 4.69) is 40.7 Å². The molecule has 1 saturated carbocycles. The minimum Gasteiger partial charge on any atom is -0.469 e. The lowest BCUT2D eigenvalue weighted by molar-refractivity contribution is -0.143. The zero-order valence-electron chi connectivity index (χ0n) is 9.97. The molecule has 2 atom stereocenters. The summed E-state index contributed by atoms with van der Waals surface area (Å²) in [5.74, 6) is -0.0788. The SMILES string of the molecule is COC(=O)C1C(C)(C)C1(C)C=C(C)C. The van der Waals surface area contributed by atoms with Crippen LogP contribution in [-0.4, -0.2) is 13.1 Å². The molecule has 0 heterocycles. The quantitative estimate of drug-likeness (QED) is 0.501. The number of methoxy groups -OCH3 is 1. The van der Waals surface area contributed by atoms with Gasteiger partial charge in [0, 0.05) is 5.41 Å². The molecule has 0 aliphatic heterocycles. The van der Waals surface area contributed by atoms with Gasteiger partial charge in [0.15, 0.2) is 0 Å². The molecule has 80 valence electrons. The number of esters is 1. The fourth-order valence-electron chi connectivity index (χ4n) is 2.54. The average Bonchev–Trinajstić information content (AvgIpc) is 2.43. The van der Waals surface area contributed by atoms with Gasteiger partial charge in [-0.25, -0.2) is 0 Å². The van der Waals surface area contributed by atoms with Crippen LogP contribution in [0, 0.1) is 16.7 Å². The van der Waals surface area contributed by atoms with Crippen molar-refractivity contribution < 1.29 is 9.53 Å². The molecule has 0 bridgehead atoms. The number of hydrogen-bond acceptors (Lipinski definition) is 2. The first-order chi connectivity index (χ1) is 6.27. The van der Waals surface area contributed by atoms with Gasteiger partial charge in [-0.1, -0.05) is 32.4 Å². The van der Waals surface area contributed by atoms with Crippen LogP contribution in [0.1, 0.15) is 34.6 Å². The summed E-state index contributed by atoms with van der Waals surface area (Å²) in [4.78, 5) is 11.5. The Morgan fingerprint density at radius 3 is 2.14 bits per heavy atom. The monoisotopic (exact) mass is 196 g/mol. The molecule has 0 N–H and O–H groups in total. The van der Waals surface area contributed by atoms with Crippen molar-refractivity contribution in [1.82, 2.24) is 0 Å². The number of rotatable bonds is 2. The number of carbonyl (C=O) groups excluding carboxylic acids is 1. The summed E-state index contributed by atoms with van der Waals surface area (Å²) < 4.78 is 4.82. The highest BCUT2D eigenvalue weighted by molar-refractivity contribution is 5.79. The topological polar surface area (TPSA) is 26.3 Å². The van der Waals surface area contributed by atoms with Crippen LogP contribution in [0.15, 0.2) is 11.6 Å². The second kappa shape index (κ2) is 3.11. The van der Waals surface area contributed by atoms with E-state index in [1.807, 2.05) is 0 Å². The minimum atomic E-state index is -0.0880. The largest absolute Gasteiger partial charge is 0.469 e. The van der Waals surface area contributed by atoms with E-state index < -0.39 is 0 Å². The van der Waals surface area contributed by atoms with Crippen molar-refractivity contribution in [3.8, 4) is 0 Å². The van der Waals surface area contributed by atoms with Crippen LogP contribution in [0.5, 0.6) is 0 Å². The third-order valence-corrected chi connectivity index (χ3v) is 3.65. The van der Waals surface area contributed by atoms with Gasteiger partial charge in [0.25, 0.3) is 0 Å². The molecule has 0 aromatic rings. The van der Waals surface area contributed by atoms with Crippen molar-refractivity contribution >= 4 is 5.97 Å². The van der Waals surface area contributed by atoms with E-state index in [-0.39, 0.29) is 22.7 Å². The highest BCUT2D eigenvalue weighted by Crippen LogP contribution is 2.70. The summed E-state index contributed by atoms with van der Waals surface area (Å²) in [5, 5.41) is 0. The summed E-state index contributed by atoms with van der Waals surface area (Å²) in [6, 6.07) is 0. The Balaban J connectivity index is 2.94. The fourth-order valence-corrected chi connectivity index (χ4v) is 2.54. The third-order valence-electron chi connectivity index (χ3n) is 3.65. The Hall–Kier alpha value is -0.790. The predicted molar refractivity (Wildman–Crippen MR) is 56.8 cm³/mol. The zero-order valence-corrected chi connectivity index (χ0v) is 9.97. The number of ether oxygens (including phenoxy) is 1. The Morgan fingerprint density at radius 1 is 1.29 bits per heavy atom. The lowest BCUT2D eigenvalue weighted by atomic mass is 9.96. The summed E-state index contributed by atoms with van der Waals surface area (Å²) in [6.07, 6.45) is 2.19. The van der Waals surface area contributed by atoms with Gasteiger partial charge in [0.05, 0.1) is 13.0 Å². The molecule has 14 heavy (non-hydrogen) atoms. The number of allylic oxidation sites excluding steroid dienone is 2. The van der Waals surface area contributed by atoms with Crippen LogP contribution in [-0.2, 0) is 9.53 Å². The molecule has 0 aromatic carbocycles. The summed E-state index contributed by atoms with van der Waals surface area (Å²) >= 11 is 0. The van der Waals surface area contributed by atoms with Crippen LogP contribution >= 0.6 is 0 Å². The predicted octanol–water partition coefficient (Wildman–Crippen LogP) is 2.79. The molecular weight excluding hydrogens is 176 g/mol. The van der Waals surface area contributed by atoms with E-state index in [9.17, 15) is 4.79 Å². The van der Waals surface area contributed by atoms with Crippen molar-refractivity contribution in [2.45, 2.75) is 34.6 Å². The lowest BCUT2D eigenvalue weighted by Gasteiger charge is -2.08. The molecule has 2 unspecified atom stereocenters. The molecule has 1 aliphatic carbocycles. The van der Waals surface area contributed by atoms with Gasteiger partial charge in [-0.3, -0.25) is 4.79 Å².